The highest BCUT2D eigenvalue weighted by Crippen LogP contribution is 2.70. The molecule has 2 spiro atoms. The van der Waals surface area contributed by atoms with E-state index in [1.165, 1.54) is 35.6 Å². The van der Waals surface area contributed by atoms with Crippen molar-refractivity contribution in [2.24, 2.45) is 11.8 Å². The molecule has 0 unspecified atom stereocenters. The number of para-hydroxylation sites is 4. The molecule has 216 valence electrons. The quantitative estimate of drug-likeness (QED) is 0.201. The van der Waals surface area contributed by atoms with E-state index in [-0.39, 0.29) is 0 Å². The average molecular weight is 559 g/mol. The number of nitrogens with zero attached hydrogens (tertiary/aromatic N) is 2. The van der Waals surface area contributed by atoms with Crippen LogP contribution in [-0.4, -0.2) is 13.1 Å². The molecule has 4 aromatic carbocycles. The SMILES string of the molecule is CC(C)CCCN1c2ccccc2C2(OOC23c2ccccc2N(CCCC(C)C)c2ccccc23)c2ccccc21. The summed E-state index contributed by atoms with van der Waals surface area (Å²) >= 11 is 0. The third kappa shape index (κ3) is 3.88. The van der Waals surface area contributed by atoms with Gasteiger partial charge in [0, 0.05) is 58.1 Å². The molecule has 1 fully saturated rings. The van der Waals surface area contributed by atoms with Gasteiger partial charge in [-0.3, -0.25) is 0 Å². The van der Waals surface area contributed by atoms with Gasteiger partial charge < -0.3 is 9.80 Å². The molecule has 1 saturated heterocycles. The van der Waals surface area contributed by atoms with E-state index in [2.05, 4.69) is 135 Å². The lowest BCUT2D eigenvalue weighted by atomic mass is 9.61. The van der Waals surface area contributed by atoms with Crippen LogP contribution in [0.1, 0.15) is 75.6 Å². The average Bonchev–Trinajstić information content (AvgIpc) is 2.99. The number of anilines is 4. The maximum Gasteiger partial charge on any atom is 0.198 e. The number of hydrogen-bond acceptors (Lipinski definition) is 4. The largest absolute Gasteiger partial charge is 0.341 e. The number of fused-ring (bicyclic) bond motifs is 9. The molecule has 3 heterocycles. The Kier molecular flexibility index (Phi) is 6.87. The van der Waals surface area contributed by atoms with Gasteiger partial charge in [-0.15, -0.1) is 0 Å². The highest BCUT2D eigenvalue weighted by molar-refractivity contribution is 5.84. The Bertz CT molecular complexity index is 1380. The molecule has 4 nitrogen and oxygen atoms in total. The molecule has 3 aliphatic rings. The van der Waals surface area contributed by atoms with Gasteiger partial charge in [-0.25, -0.2) is 9.78 Å². The van der Waals surface area contributed by atoms with Gasteiger partial charge in [0.2, 0.25) is 0 Å². The summed E-state index contributed by atoms with van der Waals surface area (Å²) in [5.41, 5.74) is 7.82. The molecular formula is C38H42N2O2. The summed E-state index contributed by atoms with van der Waals surface area (Å²) in [6.45, 7) is 11.2. The Balaban J connectivity index is 1.44. The second-order valence-electron chi connectivity index (χ2n) is 13.0. The van der Waals surface area contributed by atoms with Gasteiger partial charge in [-0.1, -0.05) is 100 Å². The van der Waals surface area contributed by atoms with Gasteiger partial charge in [-0.2, -0.15) is 0 Å². The van der Waals surface area contributed by atoms with Crippen molar-refractivity contribution in [2.45, 2.75) is 64.6 Å². The Morgan fingerprint density at radius 1 is 0.476 bits per heavy atom. The molecule has 42 heavy (non-hydrogen) atoms. The minimum absolute atomic E-state index is 0.678. The zero-order valence-electron chi connectivity index (χ0n) is 25.3. The van der Waals surface area contributed by atoms with Crippen molar-refractivity contribution in [1.29, 1.82) is 0 Å². The molecule has 4 aromatic rings. The van der Waals surface area contributed by atoms with Crippen LogP contribution in [0.15, 0.2) is 97.1 Å². The van der Waals surface area contributed by atoms with Crippen molar-refractivity contribution in [1.82, 2.24) is 0 Å². The molecule has 3 aliphatic heterocycles. The molecule has 0 N–H and O–H groups in total. The first kappa shape index (κ1) is 27.2. The number of hydrogen-bond donors (Lipinski definition) is 0. The molecule has 7 rings (SSSR count). The van der Waals surface area contributed by atoms with Gasteiger partial charge in [0.1, 0.15) is 0 Å². The fourth-order valence-electron chi connectivity index (χ4n) is 7.52. The van der Waals surface area contributed by atoms with Crippen molar-refractivity contribution >= 4 is 22.7 Å². The zero-order valence-corrected chi connectivity index (χ0v) is 25.3. The first-order valence-corrected chi connectivity index (χ1v) is 15.8. The van der Waals surface area contributed by atoms with Gasteiger partial charge in [0.25, 0.3) is 0 Å². The van der Waals surface area contributed by atoms with E-state index < -0.39 is 11.2 Å². The van der Waals surface area contributed by atoms with Gasteiger partial charge >= 0.3 is 0 Å². The van der Waals surface area contributed by atoms with Gasteiger partial charge in [0.05, 0.1) is 0 Å². The third-order valence-electron chi connectivity index (χ3n) is 9.41. The monoisotopic (exact) mass is 558 g/mol. The zero-order chi connectivity index (χ0) is 28.9. The Hall–Kier alpha value is -3.60. The molecule has 0 amide bonds. The molecule has 4 heteroatoms. The van der Waals surface area contributed by atoms with E-state index in [1.807, 2.05) is 0 Å². The summed E-state index contributed by atoms with van der Waals surface area (Å²) in [6, 6.07) is 35.3. The van der Waals surface area contributed by atoms with Crippen LogP contribution < -0.4 is 9.80 Å². The van der Waals surface area contributed by atoms with E-state index in [0.29, 0.717) is 11.8 Å². The minimum Gasteiger partial charge on any atom is -0.341 e. The molecule has 0 atom stereocenters. The highest BCUT2D eigenvalue weighted by atomic mass is 17.3. The molecule has 0 aliphatic carbocycles. The van der Waals surface area contributed by atoms with Crippen molar-refractivity contribution < 1.29 is 9.78 Å². The van der Waals surface area contributed by atoms with Crippen LogP contribution in [0.5, 0.6) is 0 Å². The van der Waals surface area contributed by atoms with E-state index in [9.17, 15) is 0 Å². The Morgan fingerprint density at radius 3 is 1.02 bits per heavy atom. The molecule has 0 saturated carbocycles. The fraction of sp³-hybridized carbons (Fsp3) is 0.368. The Morgan fingerprint density at radius 2 is 0.762 bits per heavy atom. The molecule has 0 bridgehead atoms. The van der Waals surface area contributed by atoms with Crippen LogP contribution in [0, 0.1) is 11.8 Å². The summed E-state index contributed by atoms with van der Waals surface area (Å²) in [7, 11) is 0. The summed E-state index contributed by atoms with van der Waals surface area (Å²) in [6.07, 6.45) is 4.66. The second kappa shape index (κ2) is 10.6. The lowest BCUT2D eigenvalue weighted by molar-refractivity contribution is -0.546. The van der Waals surface area contributed by atoms with Crippen LogP contribution in [0.4, 0.5) is 22.7 Å². The first-order valence-electron chi connectivity index (χ1n) is 15.8. The maximum atomic E-state index is 6.61. The van der Waals surface area contributed by atoms with Crippen molar-refractivity contribution in [3.63, 3.8) is 0 Å². The predicted molar refractivity (Wildman–Crippen MR) is 172 cm³/mol. The van der Waals surface area contributed by atoms with E-state index in [1.54, 1.807) is 0 Å². The van der Waals surface area contributed by atoms with E-state index >= 15 is 0 Å². The van der Waals surface area contributed by atoms with E-state index in [0.717, 1.165) is 48.2 Å². The lowest BCUT2D eigenvalue weighted by Crippen LogP contribution is -2.66. The van der Waals surface area contributed by atoms with Crippen molar-refractivity contribution in [3.8, 4) is 0 Å². The maximum absolute atomic E-state index is 6.61. The summed E-state index contributed by atoms with van der Waals surface area (Å²) in [5, 5.41) is 0. The predicted octanol–water partition coefficient (Wildman–Crippen LogP) is 9.61. The summed E-state index contributed by atoms with van der Waals surface area (Å²) < 4.78 is 0. The topological polar surface area (TPSA) is 24.9 Å². The smallest absolute Gasteiger partial charge is 0.198 e. The van der Waals surface area contributed by atoms with Crippen LogP contribution in [0.3, 0.4) is 0 Å². The molecular weight excluding hydrogens is 516 g/mol. The fourth-order valence-corrected chi connectivity index (χ4v) is 7.52. The Labute approximate surface area is 250 Å². The number of rotatable bonds is 8. The van der Waals surface area contributed by atoms with Gasteiger partial charge in [-0.05, 0) is 61.8 Å². The summed E-state index contributed by atoms with van der Waals surface area (Å²) in [4.78, 5) is 18.2. The normalized spacial score (nSPS) is 17.2. The van der Waals surface area contributed by atoms with Crippen LogP contribution in [0.2, 0.25) is 0 Å². The number of benzene rings is 4. The highest BCUT2D eigenvalue weighted by Gasteiger charge is 2.73. The van der Waals surface area contributed by atoms with Crippen molar-refractivity contribution in [2.75, 3.05) is 22.9 Å². The van der Waals surface area contributed by atoms with Crippen LogP contribution in [-0.2, 0) is 21.0 Å². The molecule has 0 radical (unpaired) electrons. The van der Waals surface area contributed by atoms with Crippen LogP contribution in [0.25, 0.3) is 0 Å². The standard InChI is InChI=1S/C38H42N2O2/c1-27(2)15-13-25-39-33-21-9-5-17-29(33)37(30-18-6-10-22-34(30)39)38(42-41-37)31-19-7-11-23-35(31)40(26-14-16-28(3)4)36-24-12-8-20-32(36)38/h5-12,17-24,27-28H,13-16,25-26H2,1-4H3. The second-order valence-corrected chi connectivity index (χ2v) is 13.0. The minimum atomic E-state index is -0.828. The van der Waals surface area contributed by atoms with Crippen LogP contribution >= 0.6 is 0 Å². The lowest BCUT2D eigenvalue weighted by Gasteiger charge is -2.62. The third-order valence-corrected chi connectivity index (χ3v) is 9.41. The van der Waals surface area contributed by atoms with Gasteiger partial charge in [0.15, 0.2) is 11.2 Å². The first-order chi connectivity index (χ1) is 20.5. The van der Waals surface area contributed by atoms with Crippen molar-refractivity contribution in [3.05, 3.63) is 119 Å². The molecule has 0 aromatic heterocycles. The summed E-state index contributed by atoms with van der Waals surface area (Å²) in [5.74, 6) is 1.36. The van der Waals surface area contributed by atoms with E-state index in [4.69, 9.17) is 9.78 Å².